The lowest BCUT2D eigenvalue weighted by Gasteiger charge is -2.18. The normalized spacial score (nSPS) is 10.6. The Kier molecular flexibility index (Phi) is 5.94. The molecule has 1 aromatic heterocycles. The average Bonchev–Trinajstić information content (AvgIpc) is 2.31. The monoisotopic (exact) mass is 256 g/mol. The van der Waals surface area contributed by atoms with Crippen molar-refractivity contribution in [1.82, 2.24) is 9.88 Å². The molecule has 0 radical (unpaired) electrons. The predicted molar refractivity (Wildman–Crippen MR) is 66.8 cm³/mol. The van der Waals surface area contributed by atoms with Gasteiger partial charge in [-0.15, -0.1) is 0 Å². The van der Waals surface area contributed by atoms with E-state index < -0.39 is 0 Å². The Morgan fingerprint density at radius 2 is 2.24 bits per heavy atom. The summed E-state index contributed by atoms with van der Waals surface area (Å²) in [5.41, 5.74) is 1.03. The molecule has 0 aromatic carbocycles. The second-order valence-corrected chi connectivity index (χ2v) is 3.98. The summed E-state index contributed by atoms with van der Waals surface area (Å²) in [6.45, 7) is 5.96. The number of likely N-dealkylation sites (N-methyl/N-ethyl adjacent to an activating group) is 1. The summed E-state index contributed by atoms with van der Waals surface area (Å²) in [5, 5.41) is 0.474. The fourth-order valence-corrected chi connectivity index (χ4v) is 1.54. The van der Waals surface area contributed by atoms with Crippen molar-refractivity contribution in [3.8, 4) is 0 Å². The predicted octanol–water partition coefficient (Wildman–Crippen LogP) is 2.12. The van der Waals surface area contributed by atoms with E-state index in [1.165, 1.54) is 0 Å². The van der Waals surface area contributed by atoms with Gasteiger partial charge in [0.15, 0.2) is 0 Å². The topological polar surface area (TPSA) is 42.4 Å². The van der Waals surface area contributed by atoms with Crippen molar-refractivity contribution in [3.05, 3.63) is 29.0 Å². The highest BCUT2D eigenvalue weighted by Crippen LogP contribution is 2.08. The van der Waals surface area contributed by atoms with Crippen LogP contribution < -0.4 is 0 Å². The van der Waals surface area contributed by atoms with Gasteiger partial charge in [-0.1, -0.05) is 24.6 Å². The molecule has 0 bridgehead atoms. The molecular formula is C12H17ClN2O2. The zero-order valence-corrected chi connectivity index (χ0v) is 10.9. The molecule has 0 saturated heterocycles. The smallest absolute Gasteiger partial charge is 0.320 e. The molecule has 0 saturated carbocycles. The van der Waals surface area contributed by atoms with E-state index in [0.717, 1.165) is 12.1 Å². The Bertz CT molecular complexity index is 354. The van der Waals surface area contributed by atoms with Crippen LogP contribution in [0.5, 0.6) is 0 Å². The zero-order valence-electron chi connectivity index (χ0n) is 10.1. The van der Waals surface area contributed by atoms with E-state index in [1.807, 2.05) is 17.9 Å². The molecule has 1 rings (SSSR count). The van der Waals surface area contributed by atoms with Crippen LogP contribution in [0.15, 0.2) is 18.3 Å². The summed E-state index contributed by atoms with van der Waals surface area (Å²) < 4.78 is 4.91. The second kappa shape index (κ2) is 7.25. The average molecular weight is 257 g/mol. The number of carbonyl (C=O) groups is 1. The first-order chi connectivity index (χ1) is 8.15. The maximum atomic E-state index is 11.4. The van der Waals surface area contributed by atoms with Gasteiger partial charge in [-0.25, -0.2) is 4.98 Å². The van der Waals surface area contributed by atoms with Gasteiger partial charge in [0, 0.05) is 12.7 Å². The van der Waals surface area contributed by atoms with Gasteiger partial charge in [0.25, 0.3) is 0 Å². The van der Waals surface area contributed by atoms with Gasteiger partial charge in [0.05, 0.1) is 13.2 Å². The molecule has 0 aliphatic carbocycles. The van der Waals surface area contributed by atoms with Gasteiger partial charge in [0.1, 0.15) is 5.15 Å². The van der Waals surface area contributed by atoms with E-state index in [2.05, 4.69) is 4.98 Å². The van der Waals surface area contributed by atoms with Crippen LogP contribution in [-0.4, -0.2) is 35.5 Å². The van der Waals surface area contributed by atoms with E-state index in [-0.39, 0.29) is 5.97 Å². The zero-order chi connectivity index (χ0) is 12.7. The van der Waals surface area contributed by atoms with Gasteiger partial charge in [-0.2, -0.15) is 0 Å². The van der Waals surface area contributed by atoms with Crippen LogP contribution in [0.25, 0.3) is 0 Å². The number of hydrogen-bond donors (Lipinski definition) is 0. The van der Waals surface area contributed by atoms with E-state index in [4.69, 9.17) is 16.3 Å². The van der Waals surface area contributed by atoms with Crippen molar-refractivity contribution in [2.75, 3.05) is 19.7 Å². The maximum Gasteiger partial charge on any atom is 0.320 e. The molecule has 0 atom stereocenters. The van der Waals surface area contributed by atoms with Crippen LogP contribution in [0.3, 0.4) is 0 Å². The SMILES string of the molecule is CCOC(=O)CN(CC)Cc1ccc(Cl)nc1. The number of halogens is 1. The highest BCUT2D eigenvalue weighted by molar-refractivity contribution is 6.29. The van der Waals surface area contributed by atoms with Crippen molar-refractivity contribution in [2.45, 2.75) is 20.4 Å². The highest BCUT2D eigenvalue weighted by Gasteiger charge is 2.10. The van der Waals surface area contributed by atoms with Gasteiger partial charge in [0.2, 0.25) is 0 Å². The number of aromatic nitrogens is 1. The number of rotatable bonds is 6. The van der Waals surface area contributed by atoms with Crippen LogP contribution in [0, 0.1) is 0 Å². The van der Waals surface area contributed by atoms with Crippen molar-refractivity contribution < 1.29 is 9.53 Å². The first-order valence-electron chi connectivity index (χ1n) is 5.64. The van der Waals surface area contributed by atoms with Crippen LogP contribution in [0.1, 0.15) is 19.4 Å². The largest absolute Gasteiger partial charge is 0.465 e. The lowest BCUT2D eigenvalue weighted by molar-refractivity contribution is -0.144. The van der Waals surface area contributed by atoms with E-state index in [1.54, 1.807) is 19.2 Å². The quantitative estimate of drug-likeness (QED) is 0.578. The van der Waals surface area contributed by atoms with Crippen LogP contribution >= 0.6 is 11.6 Å². The summed E-state index contributed by atoms with van der Waals surface area (Å²) in [4.78, 5) is 17.3. The number of ether oxygens (including phenoxy) is 1. The fourth-order valence-electron chi connectivity index (χ4n) is 1.43. The third-order valence-corrected chi connectivity index (χ3v) is 2.52. The van der Waals surface area contributed by atoms with Crippen molar-refractivity contribution in [2.24, 2.45) is 0 Å². The summed E-state index contributed by atoms with van der Waals surface area (Å²) in [5.74, 6) is -0.198. The van der Waals surface area contributed by atoms with Crippen molar-refractivity contribution >= 4 is 17.6 Å². The minimum absolute atomic E-state index is 0.198. The third kappa shape index (κ3) is 5.15. The second-order valence-electron chi connectivity index (χ2n) is 3.60. The van der Waals surface area contributed by atoms with Crippen LogP contribution in [-0.2, 0) is 16.1 Å². The van der Waals surface area contributed by atoms with E-state index >= 15 is 0 Å². The first-order valence-corrected chi connectivity index (χ1v) is 6.02. The summed E-state index contributed by atoms with van der Waals surface area (Å²) >= 11 is 5.71. The maximum absolute atomic E-state index is 11.4. The molecule has 1 heterocycles. The third-order valence-electron chi connectivity index (χ3n) is 2.30. The number of esters is 1. The number of nitrogens with zero attached hydrogens (tertiary/aromatic N) is 2. The molecular weight excluding hydrogens is 240 g/mol. The molecule has 0 spiro atoms. The van der Waals surface area contributed by atoms with Crippen LogP contribution in [0.4, 0.5) is 0 Å². The number of carbonyl (C=O) groups excluding carboxylic acids is 1. The van der Waals surface area contributed by atoms with E-state index in [9.17, 15) is 4.79 Å². The molecule has 5 heteroatoms. The molecule has 0 aliphatic rings. The fraction of sp³-hybridized carbons (Fsp3) is 0.500. The standard InChI is InChI=1S/C12H17ClN2O2/c1-3-15(9-12(16)17-4-2)8-10-5-6-11(13)14-7-10/h5-7H,3-4,8-9H2,1-2H3. The molecule has 17 heavy (non-hydrogen) atoms. The molecule has 94 valence electrons. The van der Waals surface area contributed by atoms with Gasteiger partial charge in [-0.05, 0) is 25.1 Å². The highest BCUT2D eigenvalue weighted by atomic mass is 35.5. The molecule has 0 fully saturated rings. The number of hydrogen-bond acceptors (Lipinski definition) is 4. The summed E-state index contributed by atoms with van der Waals surface area (Å²) in [6, 6.07) is 3.65. The summed E-state index contributed by atoms with van der Waals surface area (Å²) in [7, 11) is 0. The lowest BCUT2D eigenvalue weighted by atomic mass is 10.2. The Balaban J connectivity index is 2.51. The van der Waals surface area contributed by atoms with Gasteiger partial charge < -0.3 is 4.74 Å². The Morgan fingerprint density at radius 3 is 2.76 bits per heavy atom. The van der Waals surface area contributed by atoms with E-state index in [0.29, 0.717) is 24.8 Å². The molecule has 4 nitrogen and oxygen atoms in total. The Labute approximate surface area is 107 Å². The van der Waals surface area contributed by atoms with Crippen molar-refractivity contribution in [3.63, 3.8) is 0 Å². The lowest BCUT2D eigenvalue weighted by Crippen LogP contribution is -2.30. The van der Waals surface area contributed by atoms with Gasteiger partial charge in [-0.3, -0.25) is 9.69 Å². The molecule has 0 aliphatic heterocycles. The summed E-state index contributed by atoms with van der Waals surface area (Å²) in [6.07, 6.45) is 1.72. The van der Waals surface area contributed by atoms with Crippen molar-refractivity contribution in [1.29, 1.82) is 0 Å². The van der Waals surface area contributed by atoms with Gasteiger partial charge >= 0.3 is 5.97 Å². The molecule has 1 aromatic rings. The minimum Gasteiger partial charge on any atom is -0.465 e. The minimum atomic E-state index is -0.198. The molecule has 0 N–H and O–H groups in total. The first kappa shape index (κ1) is 13.9. The molecule has 0 amide bonds. The molecule has 0 unspecified atom stereocenters. The van der Waals surface area contributed by atoms with Crippen LogP contribution in [0.2, 0.25) is 5.15 Å². The number of pyridine rings is 1. The Hall–Kier alpha value is -1.13. The Morgan fingerprint density at radius 1 is 1.47 bits per heavy atom.